The van der Waals surface area contributed by atoms with Crippen LogP contribution in [0.15, 0.2) is 48.5 Å². The van der Waals surface area contributed by atoms with E-state index in [-0.39, 0.29) is 11.6 Å². The van der Waals surface area contributed by atoms with Crippen molar-refractivity contribution in [3.05, 3.63) is 64.2 Å². The summed E-state index contributed by atoms with van der Waals surface area (Å²) in [5.74, 6) is -0.181. The lowest BCUT2D eigenvalue weighted by molar-refractivity contribution is -0.384. The number of nitro benzene ring substituents is 1. The molecule has 148 valence electrons. The average Bonchev–Trinajstić information content (AvgIpc) is 2.74. The van der Waals surface area contributed by atoms with Crippen LogP contribution in [0.3, 0.4) is 0 Å². The van der Waals surface area contributed by atoms with Crippen LogP contribution >= 0.6 is 0 Å². The highest BCUT2D eigenvalue weighted by atomic mass is 16.6. The lowest BCUT2D eigenvalue weighted by Gasteiger charge is -2.36. The Balaban J connectivity index is 1.67. The maximum absolute atomic E-state index is 12.8. The third kappa shape index (κ3) is 4.58. The van der Waals surface area contributed by atoms with Gasteiger partial charge in [-0.2, -0.15) is 0 Å². The molecule has 1 N–H and O–H groups in total. The Bertz CT molecular complexity index is 820. The van der Waals surface area contributed by atoms with Gasteiger partial charge in [-0.15, -0.1) is 0 Å². The third-order valence-corrected chi connectivity index (χ3v) is 4.75. The van der Waals surface area contributed by atoms with Crippen LogP contribution < -0.4 is 10.2 Å². The molecule has 1 aliphatic heterocycles. The number of nitrogens with one attached hydrogen (secondary N) is 1. The van der Waals surface area contributed by atoms with Gasteiger partial charge in [-0.3, -0.25) is 14.9 Å². The van der Waals surface area contributed by atoms with Crippen LogP contribution in [-0.4, -0.2) is 62.2 Å². The predicted octanol–water partition coefficient (Wildman–Crippen LogP) is 2.62. The zero-order valence-electron chi connectivity index (χ0n) is 15.8. The second-order valence-corrected chi connectivity index (χ2v) is 6.52. The van der Waals surface area contributed by atoms with Crippen molar-refractivity contribution in [3.63, 3.8) is 0 Å². The summed E-state index contributed by atoms with van der Waals surface area (Å²) in [7, 11) is 1.56. The molecule has 2 aromatic carbocycles. The quantitative estimate of drug-likeness (QED) is 0.449. The van der Waals surface area contributed by atoms with Gasteiger partial charge in [-0.25, -0.2) is 0 Å². The largest absolute Gasteiger partial charge is 0.383 e. The zero-order chi connectivity index (χ0) is 19.9. The maximum Gasteiger partial charge on any atom is 0.293 e. The molecule has 0 bridgehead atoms. The number of rotatable bonds is 7. The monoisotopic (exact) mass is 384 g/mol. The summed E-state index contributed by atoms with van der Waals surface area (Å²) in [4.78, 5) is 27.7. The summed E-state index contributed by atoms with van der Waals surface area (Å²) >= 11 is 0. The molecule has 1 amide bonds. The normalized spacial score (nSPS) is 14.0. The number of carbonyl (C=O) groups excluding carboxylic acids is 1. The number of anilines is 2. The van der Waals surface area contributed by atoms with Crippen LogP contribution in [0.4, 0.5) is 17.1 Å². The highest BCUT2D eigenvalue weighted by Crippen LogP contribution is 2.26. The molecule has 8 heteroatoms. The number of para-hydroxylation sites is 1. The molecule has 8 nitrogen and oxygen atoms in total. The summed E-state index contributed by atoms with van der Waals surface area (Å²) in [6.45, 7) is 3.50. The molecule has 1 saturated heterocycles. The summed E-state index contributed by atoms with van der Waals surface area (Å²) in [5, 5.41) is 14.4. The summed E-state index contributed by atoms with van der Waals surface area (Å²) in [6.07, 6.45) is 0. The number of nitro groups is 1. The molecule has 1 heterocycles. The fourth-order valence-electron chi connectivity index (χ4n) is 3.24. The molecular weight excluding hydrogens is 360 g/mol. The minimum Gasteiger partial charge on any atom is -0.383 e. The van der Waals surface area contributed by atoms with Crippen molar-refractivity contribution in [1.29, 1.82) is 0 Å². The van der Waals surface area contributed by atoms with Gasteiger partial charge >= 0.3 is 0 Å². The van der Waals surface area contributed by atoms with Gasteiger partial charge in [0.2, 0.25) is 0 Å². The molecule has 1 fully saturated rings. The fraction of sp³-hybridized carbons (Fsp3) is 0.350. The first-order valence-electron chi connectivity index (χ1n) is 9.20. The van der Waals surface area contributed by atoms with Crippen LogP contribution in [0.25, 0.3) is 0 Å². The van der Waals surface area contributed by atoms with Crippen molar-refractivity contribution in [2.75, 3.05) is 56.7 Å². The van der Waals surface area contributed by atoms with Crippen LogP contribution in [0, 0.1) is 10.1 Å². The van der Waals surface area contributed by atoms with Crippen LogP contribution in [0.1, 0.15) is 10.4 Å². The van der Waals surface area contributed by atoms with E-state index in [0.29, 0.717) is 37.5 Å². The predicted molar refractivity (Wildman–Crippen MR) is 108 cm³/mol. The van der Waals surface area contributed by atoms with Gasteiger partial charge in [-0.1, -0.05) is 18.2 Å². The van der Waals surface area contributed by atoms with Gasteiger partial charge in [0.05, 0.1) is 11.5 Å². The van der Waals surface area contributed by atoms with Crippen molar-refractivity contribution < 1.29 is 14.5 Å². The van der Waals surface area contributed by atoms with Crippen LogP contribution in [0.5, 0.6) is 0 Å². The smallest absolute Gasteiger partial charge is 0.293 e. The fourth-order valence-corrected chi connectivity index (χ4v) is 3.24. The Morgan fingerprint density at radius 3 is 2.50 bits per heavy atom. The van der Waals surface area contributed by atoms with Crippen molar-refractivity contribution in [1.82, 2.24) is 4.90 Å². The number of ether oxygens (including phenoxy) is 1. The number of piperazine rings is 1. The summed E-state index contributed by atoms with van der Waals surface area (Å²) in [6, 6.07) is 14.6. The number of nitrogens with zero attached hydrogens (tertiary/aromatic N) is 3. The third-order valence-electron chi connectivity index (χ3n) is 4.75. The zero-order valence-corrected chi connectivity index (χ0v) is 15.8. The first kappa shape index (κ1) is 19.6. The van der Waals surface area contributed by atoms with E-state index in [4.69, 9.17) is 4.74 Å². The van der Waals surface area contributed by atoms with E-state index in [2.05, 4.69) is 22.3 Å². The van der Waals surface area contributed by atoms with Crippen molar-refractivity contribution in [3.8, 4) is 0 Å². The van der Waals surface area contributed by atoms with Gasteiger partial charge in [0.1, 0.15) is 5.69 Å². The van der Waals surface area contributed by atoms with E-state index < -0.39 is 4.92 Å². The SMILES string of the molecule is COCCNc1ccc(C(=O)N2CCN(c3ccccc3)CC2)cc1[N+](=O)[O-]. The molecule has 0 aliphatic carbocycles. The number of amides is 1. The number of benzene rings is 2. The molecular formula is C20H24N4O4. The highest BCUT2D eigenvalue weighted by molar-refractivity contribution is 5.96. The number of hydrogen-bond acceptors (Lipinski definition) is 6. The van der Waals surface area contributed by atoms with Gasteiger partial charge in [0.25, 0.3) is 11.6 Å². The van der Waals surface area contributed by atoms with Crippen LogP contribution in [0.2, 0.25) is 0 Å². The van der Waals surface area contributed by atoms with Gasteiger partial charge in [-0.05, 0) is 24.3 Å². The highest BCUT2D eigenvalue weighted by Gasteiger charge is 2.24. The molecule has 28 heavy (non-hydrogen) atoms. The second-order valence-electron chi connectivity index (χ2n) is 6.52. The maximum atomic E-state index is 12.8. The van der Waals surface area contributed by atoms with Crippen LogP contribution in [-0.2, 0) is 4.74 Å². The Morgan fingerprint density at radius 2 is 1.86 bits per heavy atom. The minimum atomic E-state index is -0.473. The molecule has 0 saturated carbocycles. The van der Waals surface area contributed by atoms with E-state index in [1.807, 2.05) is 18.2 Å². The lowest BCUT2D eigenvalue weighted by atomic mass is 10.1. The van der Waals surface area contributed by atoms with Crippen molar-refractivity contribution in [2.45, 2.75) is 0 Å². The Kier molecular flexibility index (Phi) is 6.44. The Morgan fingerprint density at radius 1 is 1.14 bits per heavy atom. The van der Waals surface area contributed by atoms with E-state index in [1.54, 1.807) is 24.1 Å². The Labute approximate surface area is 163 Å². The topological polar surface area (TPSA) is 88.0 Å². The lowest BCUT2D eigenvalue weighted by Crippen LogP contribution is -2.48. The molecule has 0 unspecified atom stereocenters. The average molecular weight is 384 g/mol. The van der Waals surface area contributed by atoms with Gasteiger partial charge in [0.15, 0.2) is 0 Å². The summed E-state index contributed by atoms with van der Waals surface area (Å²) in [5.41, 5.74) is 1.74. The van der Waals surface area contributed by atoms with E-state index in [1.165, 1.54) is 6.07 Å². The molecule has 0 radical (unpaired) electrons. The molecule has 2 aromatic rings. The summed E-state index contributed by atoms with van der Waals surface area (Å²) < 4.78 is 4.95. The Hall–Kier alpha value is -3.13. The second kappa shape index (κ2) is 9.18. The number of methoxy groups -OCH3 is 1. The first-order valence-corrected chi connectivity index (χ1v) is 9.20. The van der Waals surface area contributed by atoms with E-state index >= 15 is 0 Å². The molecule has 0 aromatic heterocycles. The molecule has 1 aliphatic rings. The standard InChI is InChI=1S/C20H24N4O4/c1-28-14-9-21-18-8-7-16(15-19(18)24(26)27)20(25)23-12-10-22(11-13-23)17-5-3-2-4-6-17/h2-8,15,21H,9-14H2,1H3. The van der Waals surface area contributed by atoms with Gasteiger partial charge < -0.3 is 19.9 Å². The van der Waals surface area contributed by atoms with E-state index in [9.17, 15) is 14.9 Å². The molecule has 3 rings (SSSR count). The first-order chi connectivity index (χ1) is 13.6. The minimum absolute atomic E-state index is 0.107. The molecule has 0 spiro atoms. The number of hydrogen-bond donors (Lipinski definition) is 1. The molecule has 0 atom stereocenters. The number of carbonyl (C=O) groups is 1. The van der Waals surface area contributed by atoms with Gasteiger partial charge in [0, 0.05) is 57.2 Å². The van der Waals surface area contributed by atoms with Crippen molar-refractivity contribution in [2.24, 2.45) is 0 Å². The van der Waals surface area contributed by atoms with Crippen molar-refractivity contribution >= 4 is 23.0 Å². The van der Waals surface area contributed by atoms with E-state index in [0.717, 1.165) is 18.8 Å².